The molecule has 0 radical (unpaired) electrons. The topological polar surface area (TPSA) is 76.6 Å². The van der Waals surface area contributed by atoms with Gasteiger partial charge in [0, 0.05) is 20.6 Å². The van der Waals surface area contributed by atoms with E-state index in [1.807, 2.05) is 43.3 Å². The van der Waals surface area contributed by atoms with Crippen molar-refractivity contribution < 1.29 is 14.2 Å². The fraction of sp³-hybridized carbons (Fsp3) is 0.308. The zero-order chi connectivity index (χ0) is 24.1. The number of aromatic nitrogens is 3. The maximum atomic E-state index is 13.5. The quantitative estimate of drug-likeness (QED) is 0.467. The second-order valence-electron chi connectivity index (χ2n) is 8.55. The van der Waals surface area contributed by atoms with Crippen LogP contribution in [0.1, 0.15) is 22.9 Å². The maximum Gasteiger partial charge on any atom is 0.331 e. The summed E-state index contributed by atoms with van der Waals surface area (Å²) in [6.07, 6.45) is -0.493. The van der Waals surface area contributed by atoms with E-state index >= 15 is 0 Å². The molecule has 34 heavy (non-hydrogen) atoms. The lowest BCUT2D eigenvalue weighted by Gasteiger charge is -2.28. The lowest BCUT2D eigenvalue weighted by Crippen LogP contribution is -2.37. The molecule has 1 aliphatic heterocycles. The van der Waals surface area contributed by atoms with Gasteiger partial charge >= 0.3 is 5.69 Å². The van der Waals surface area contributed by atoms with Gasteiger partial charge in [0.1, 0.15) is 6.10 Å². The number of nitrogens with zero attached hydrogens (tertiary/aromatic N) is 3. The first-order chi connectivity index (χ1) is 16.4. The van der Waals surface area contributed by atoms with Crippen molar-refractivity contribution in [3.63, 3.8) is 0 Å². The fourth-order valence-corrected chi connectivity index (χ4v) is 4.94. The van der Waals surface area contributed by atoms with E-state index in [1.165, 1.54) is 11.6 Å². The van der Waals surface area contributed by atoms with Gasteiger partial charge in [-0.05, 0) is 36.2 Å². The molecular formula is C26H27N3O5. The van der Waals surface area contributed by atoms with Crippen molar-refractivity contribution in [2.45, 2.75) is 19.6 Å². The van der Waals surface area contributed by atoms with Crippen molar-refractivity contribution >= 4 is 10.9 Å². The normalized spacial score (nSPS) is 15.4. The molecule has 5 rings (SSSR count). The smallest absolute Gasteiger partial charge is 0.331 e. The van der Waals surface area contributed by atoms with E-state index in [-0.39, 0.29) is 11.2 Å². The number of benzene rings is 2. The van der Waals surface area contributed by atoms with Gasteiger partial charge in [0.05, 0.1) is 43.1 Å². The van der Waals surface area contributed by atoms with Gasteiger partial charge in [0.2, 0.25) is 0 Å². The summed E-state index contributed by atoms with van der Waals surface area (Å²) in [5, 5.41) is 0.515. The predicted molar refractivity (Wildman–Crippen MR) is 130 cm³/mol. The molecular weight excluding hydrogens is 434 g/mol. The minimum absolute atomic E-state index is 0.317. The van der Waals surface area contributed by atoms with Crippen LogP contribution in [0.4, 0.5) is 0 Å². The van der Waals surface area contributed by atoms with E-state index in [0.717, 1.165) is 28.1 Å². The van der Waals surface area contributed by atoms with Crippen LogP contribution in [0, 0.1) is 6.92 Å². The van der Waals surface area contributed by atoms with Gasteiger partial charge in [-0.2, -0.15) is 0 Å². The molecule has 1 atom stereocenters. The van der Waals surface area contributed by atoms with Gasteiger partial charge in [0.15, 0.2) is 11.5 Å². The van der Waals surface area contributed by atoms with Crippen LogP contribution in [-0.2, 0) is 25.4 Å². The Morgan fingerprint density at radius 1 is 0.971 bits per heavy atom. The number of hydrogen-bond donors (Lipinski definition) is 0. The number of methoxy groups -OCH3 is 2. The molecule has 0 N–H and O–H groups in total. The number of aryl methyl sites for hydroxylation is 2. The third kappa shape index (κ3) is 3.17. The van der Waals surface area contributed by atoms with Gasteiger partial charge in [0.25, 0.3) is 5.56 Å². The highest BCUT2D eigenvalue weighted by Gasteiger charge is 2.33. The Morgan fingerprint density at radius 2 is 1.74 bits per heavy atom. The first-order valence-electron chi connectivity index (χ1n) is 11.1. The molecule has 0 unspecified atom stereocenters. The Bertz CT molecular complexity index is 1540. The summed E-state index contributed by atoms with van der Waals surface area (Å²) < 4.78 is 22.0. The zero-order valence-corrected chi connectivity index (χ0v) is 19.9. The summed E-state index contributed by atoms with van der Waals surface area (Å²) in [6.45, 7) is 3.05. The van der Waals surface area contributed by atoms with Gasteiger partial charge in [-0.3, -0.25) is 13.9 Å². The van der Waals surface area contributed by atoms with Gasteiger partial charge < -0.3 is 18.8 Å². The average molecular weight is 462 g/mol. The molecule has 8 heteroatoms. The third-order valence-corrected chi connectivity index (χ3v) is 6.55. The van der Waals surface area contributed by atoms with Crippen LogP contribution in [0.2, 0.25) is 0 Å². The standard InChI is InChI=1S/C26H27N3O5/c1-15-7-6-8-16(13-15)21-20-22(27(2)26(31)28(3)25(20)30)23-24(34-12-11-29(21)23)17-9-10-18(32-4)19(14-17)33-5/h6-10,13-14,24H,11-12H2,1-5H3/t24-/m0/s1. The van der Waals surface area contributed by atoms with Crippen LogP contribution in [-0.4, -0.2) is 34.5 Å². The molecule has 3 heterocycles. The minimum Gasteiger partial charge on any atom is -0.493 e. The molecule has 1 aliphatic rings. The number of rotatable bonds is 4. The molecule has 2 aromatic heterocycles. The summed E-state index contributed by atoms with van der Waals surface area (Å²) in [4.78, 5) is 26.4. The van der Waals surface area contributed by atoms with Crippen molar-refractivity contribution in [3.05, 3.63) is 80.1 Å². The van der Waals surface area contributed by atoms with E-state index in [4.69, 9.17) is 14.2 Å². The van der Waals surface area contributed by atoms with Crippen LogP contribution >= 0.6 is 0 Å². The van der Waals surface area contributed by atoms with Gasteiger partial charge in [-0.15, -0.1) is 0 Å². The highest BCUT2D eigenvalue weighted by molar-refractivity contribution is 5.96. The SMILES string of the molecule is COc1ccc([C@@H]2OCCn3c(-c4cccc(C)c4)c4c(=O)n(C)c(=O)n(C)c4c32)cc1OC. The van der Waals surface area contributed by atoms with Crippen molar-refractivity contribution in [1.29, 1.82) is 0 Å². The molecule has 4 aromatic rings. The molecule has 2 aromatic carbocycles. The predicted octanol–water partition coefficient (Wildman–Crippen LogP) is 3.15. The summed E-state index contributed by atoms with van der Waals surface area (Å²) in [6, 6.07) is 13.7. The van der Waals surface area contributed by atoms with E-state index in [0.29, 0.717) is 35.6 Å². The molecule has 0 aliphatic carbocycles. The number of ether oxygens (including phenoxy) is 3. The van der Waals surface area contributed by atoms with Crippen LogP contribution in [0.15, 0.2) is 52.1 Å². The highest BCUT2D eigenvalue weighted by atomic mass is 16.5. The largest absolute Gasteiger partial charge is 0.493 e. The second kappa shape index (κ2) is 8.22. The van der Waals surface area contributed by atoms with E-state index in [2.05, 4.69) is 10.6 Å². The maximum absolute atomic E-state index is 13.5. The van der Waals surface area contributed by atoms with E-state index < -0.39 is 6.10 Å². The minimum atomic E-state index is -0.493. The Morgan fingerprint density at radius 3 is 2.44 bits per heavy atom. The summed E-state index contributed by atoms with van der Waals surface area (Å²) in [5.74, 6) is 1.20. The first-order valence-corrected chi connectivity index (χ1v) is 11.1. The number of fused-ring (bicyclic) bond motifs is 3. The Hall–Kier alpha value is -3.78. The van der Waals surface area contributed by atoms with Crippen molar-refractivity contribution in [3.8, 4) is 22.8 Å². The zero-order valence-electron chi connectivity index (χ0n) is 19.9. The summed E-state index contributed by atoms with van der Waals surface area (Å²) >= 11 is 0. The van der Waals surface area contributed by atoms with Crippen LogP contribution in [0.25, 0.3) is 22.2 Å². The lowest BCUT2D eigenvalue weighted by atomic mass is 10.0. The van der Waals surface area contributed by atoms with E-state index in [1.54, 1.807) is 25.8 Å². The van der Waals surface area contributed by atoms with Gasteiger partial charge in [-0.1, -0.05) is 29.8 Å². The fourth-order valence-electron chi connectivity index (χ4n) is 4.94. The van der Waals surface area contributed by atoms with Crippen LogP contribution < -0.4 is 20.7 Å². The average Bonchev–Trinajstić information content (AvgIpc) is 3.21. The summed E-state index contributed by atoms with van der Waals surface area (Å²) in [7, 11) is 6.39. The third-order valence-electron chi connectivity index (χ3n) is 6.55. The molecule has 0 saturated heterocycles. The Labute approximate surface area is 196 Å². The lowest BCUT2D eigenvalue weighted by molar-refractivity contribution is 0.0477. The van der Waals surface area contributed by atoms with Crippen molar-refractivity contribution in [2.75, 3.05) is 20.8 Å². The molecule has 0 amide bonds. The van der Waals surface area contributed by atoms with Gasteiger partial charge in [-0.25, -0.2) is 4.79 Å². The molecule has 0 bridgehead atoms. The molecule has 8 nitrogen and oxygen atoms in total. The second-order valence-corrected chi connectivity index (χ2v) is 8.55. The molecule has 0 spiro atoms. The highest BCUT2D eigenvalue weighted by Crippen LogP contribution is 2.42. The molecule has 0 saturated carbocycles. The van der Waals surface area contributed by atoms with Crippen LogP contribution in [0.3, 0.4) is 0 Å². The number of hydrogen-bond acceptors (Lipinski definition) is 5. The van der Waals surface area contributed by atoms with Crippen molar-refractivity contribution in [2.24, 2.45) is 14.1 Å². The first kappa shape index (κ1) is 22.0. The van der Waals surface area contributed by atoms with E-state index in [9.17, 15) is 9.59 Å². The Kier molecular flexibility index (Phi) is 5.32. The molecule has 176 valence electrons. The summed E-state index contributed by atoms with van der Waals surface area (Å²) in [5.41, 5.74) is 4.35. The van der Waals surface area contributed by atoms with Crippen molar-refractivity contribution in [1.82, 2.24) is 13.7 Å². The monoisotopic (exact) mass is 461 g/mol. The Balaban J connectivity index is 1.89. The van der Waals surface area contributed by atoms with Crippen LogP contribution in [0.5, 0.6) is 11.5 Å². The molecule has 0 fully saturated rings.